The molecule has 0 saturated carbocycles. The van der Waals surface area contributed by atoms with Crippen molar-refractivity contribution in [1.82, 2.24) is 9.78 Å². The Morgan fingerprint density at radius 3 is 2.78 bits per heavy atom. The van der Waals surface area contributed by atoms with Crippen molar-refractivity contribution in [1.29, 1.82) is 0 Å². The predicted molar refractivity (Wildman–Crippen MR) is 62.0 cm³/mol. The van der Waals surface area contributed by atoms with Gasteiger partial charge in [-0.25, -0.2) is 8.78 Å². The van der Waals surface area contributed by atoms with Gasteiger partial charge in [-0.3, -0.25) is 9.48 Å². The first-order chi connectivity index (χ1) is 8.49. The summed E-state index contributed by atoms with van der Waals surface area (Å²) in [4.78, 5) is 11.9. The van der Waals surface area contributed by atoms with Crippen LogP contribution >= 0.6 is 0 Å². The number of carbonyl (C=O) groups excluding carboxylic acids is 1. The SMILES string of the molecule is Cn1ncc(C(=O)Cc2cc(F)ccc2F)c1N. The Labute approximate surface area is 102 Å². The average Bonchev–Trinajstić information content (AvgIpc) is 2.65. The van der Waals surface area contributed by atoms with E-state index in [1.54, 1.807) is 7.05 Å². The fourth-order valence-electron chi connectivity index (χ4n) is 1.61. The van der Waals surface area contributed by atoms with Crippen LogP contribution in [0.3, 0.4) is 0 Å². The van der Waals surface area contributed by atoms with Gasteiger partial charge in [0.1, 0.15) is 17.5 Å². The van der Waals surface area contributed by atoms with Gasteiger partial charge in [0.15, 0.2) is 5.78 Å². The molecule has 1 aromatic heterocycles. The molecule has 2 aromatic rings. The summed E-state index contributed by atoms with van der Waals surface area (Å²) < 4.78 is 27.7. The minimum absolute atomic E-state index is 0.00301. The largest absolute Gasteiger partial charge is 0.383 e. The molecule has 0 radical (unpaired) electrons. The molecule has 1 aromatic carbocycles. The number of ketones is 1. The number of anilines is 1. The maximum atomic E-state index is 13.4. The molecule has 0 amide bonds. The molecule has 0 bridgehead atoms. The molecule has 0 spiro atoms. The molecule has 1 heterocycles. The summed E-state index contributed by atoms with van der Waals surface area (Å²) in [5, 5.41) is 3.82. The van der Waals surface area contributed by atoms with Crippen LogP contribution in [-0.4, -0.2) is 15.6 Å². The lowest BCUT2D eigenvalue weighted by Crippen LogP contribution is -2.08. The molecule has 0 aliphatic heterocycles. The van der Waals surface area contributed by atoms with Gasteiger partial charge < -0.3 is 5.73 Å². The molecular weight excluding hydrogens is 240 g/mol. The molecular formula is C12H11F2N3O. The molecule has 2 N–H and O–H groups in total. The normalized spacial score (nSPS) is 10.6. The number of aryl methyl sites for hydroxylation is 1. The standard InChI is InChI=1S/C12H11F2N3O/c1-17-12(15)9(6-16-17)11(18)5-7-4-8(13)2-3-10(7)14/h2-4,6H,5,15H2,1H3. The summed E-state index contributed by atoms with van der Waals surface area (Å²) in [6.07, 6.45) is 1.06. The van der Waals surface area contributed by atoms with Gasteiger partial charge >= 0.3 is 0 Å². The molecule has 0 fully saturated rings. The van der Waals surface area contributed by atoms with Crippen molar-refractivity contribution in [2.75, 3.05) is 5.73 Å². The Morgan fingerprint density at radius 2 is 2.17 bits per heavy atom. The van der Waals surface area contributed by atoms with Crippen LogP contribution in [0.2, 0.25) is 0 Å². The van der Waals surface area contributed by atoms with Gasteiger partial charge in [0.05, 0.1) is 11.8 Å². The van der Waals surface area contributed by atoms with E-state index in [2.05, 4.69) is 5.10 Å². The van der Waals surface area contributed by atoms with E-state index in [0.717, 1.165) is 18.2 Å². The molecule has 0 aliphatic carbocycles. The lowest BCUT2D eigenvalue weighted by molar-refractivity contribution is 0.0992. The fraction of sp³-hybridized carbons (Fsp3) is 0.167. The van der Waals surface area contributed by atoms with E-state index < -0.39 is 17.4 Å². The molecule has 0 atom stereocenters. The number of aromatic nitrogens is 2. The van der Waals surface area contributed by atoms with Crippen LogP contribution in [0.15, 0.2) is 24.4 Å². The zero-order chi connectivity index (χ0) is 13.3. The number of nitrogen functional groups attached to an aromatic ring is 1. The first-order valence-corrected chi connectivity index (χ1v) is 5.23. The fourth-order valence-corrected chi connectivity index (χ4v) is 1.61. The van der Waals surface area contributed by atoms with Crippen LogP contribution in [0, 0.1) is 11.6 Å². The predicted octanol–water partition coefficient (Wildman–Crippen LogP) is 1.71. The number of rotatable bonds is 3. The number of hydrogen-bond acceptors (Lipinski definition) is 3. The van der Waals surface area contributed by atoms with Gasteiger partial charge in [-0.15, -0.1) is 0 Å². The summed E-state index contributed by atoms with van der Waals surface area (Å²) in [5.41, 5.74) is 5.85. The number of Topliss-reactive ketones (excluding diaryl/α,β-unsaturated/α-hetero) is 1. The third kappa shape index (κ3) is 2.22. The van der Waals surface area contributed by atoms with Crippen LogP contribution in [0.5, 0.6) is 0 Å². The molecule has 94 valence electrons. The summed E-state index contributed by atoms with van der Waals surface area (Å²) in [6.45, 7) is 0. The smallest absolute Gasteiger partial charge is 0.172 e. The second-order valence-electron chi connectivity index (χ2n) is 3.90. The average molecular weight is 251 g/mol. The summed E-state index contributed by atoms with van der Waals surface area (Å²) >= 11 is 0. The van der Waals surface area contributed by atoms with E-state index in [0.29, 0.717) is 0 Å². The molecule has 0 saturated heterocycles. The van der Waals surface area contributed by atoms with Crippen molar-refractivity contribution in [2.24, 2.45) is 7.05 Å². The second-order valence-corrected chi connectivity index (χ2v) is 3.90. The lowest BCUT2D eigenvalue weighted by Gasteiger charge is -2.03. The van der Waals surface area contributed by atoms with Crippen molar-refractivity contribution < 1.29 is 13.6 Å². The van der Waals surface area contributed by atoms with E-state index in [9.17, 15) is 13.6 Å². The first-order valence-electron chi connectivity index (χ1n) is 5.23. The Bertz CT molecular complexity index is 607. The molecule has 4 nitrogen and oxygen atoms in total. The summed E-state index contributed by atoms with van der Waals surface area (Å²) in [7, 11) is 1.59. The van der Waals surface area contributed by atoms with Crippen molar-refractivity contribution in [2.45, 2.75) is 6.42 Å². The van der Waals surface area contributed by atoms with Crippen LogP contribution in [0.1, 0.15) is 15.9 Å². The van der Waals surface area contributed by atoms with Gasteiger partial charge in [0, 0.05) is 13.5 Å². The van der Waals surface area contributed by atoms with Crippen molar-refractivity contribution in [3.63, 3.8) is 0 Å². The Morgan fingerprint density at radius 1 is 1.44 bits per heavy atom. The van der Waals surface area contributed by atoms with Crippen LogP contribution in [-0.2, 0) is 13.5 Å². The van der Waals surface area contributed by atoms with Crippen molar-refractivity contribution in [3.05, 3.63) is 47.2 Å². The Balaban J connectivity index is 2.27. The zero-order valence-electron chi connectivity index (χ0n) is 9.65. The maximum absolute atomic E-state index is 13.4. The van der Waals surface area contributed by atoms with Crippen LogP contribution in [0.4, 0.5) is 14.6 Å². The molecule has 0 unspecified atom stereocenters. The van der Waals surface area contributed by atoms with Crippen molar-refractivity contribution in [3.8, 4) is 0 Å². The lowest BCUT2D eigenvalue weighted by atomic mass is 10.0. The second kappa shape index (κ2) is 4.56. The van der Waals surface area contributed by atoms with Gasteiger partial charge in [0.25, 0.3) is 0 Å². The van der Waals surface area contributed by atoms with E-state index >= 15 is 0 Å². The van der Waals surface area contributed by atoms with Crippen LogP contribution in [0.25, 0.3) is 0 Å². The highest BCUT2D eigenvalue weighted by Gasteiger charge is 2.16. The maximum Gasteiger partial charge on any atom is 0.172 e. The highest BCUT2D eigenvalue weighted by atomic mass is 19.1. The number of halogens is 2. The topological polar surface area (TPSA) is 60.9 Å². The van der Waals surface area contributed by atoms with Gasteiger partial charge in [-0.1, -0.05) is 0 Å². The molecule has 18 heavy (non-hydrogen) atoms. The van der Waals surface area contributed by atoms with Crippen LogP contribution < -0.4 is 5.73 Å². The monoisotopic (exact) mass is 251 g/mol. The summed E-state index contributed by atoms with van der Waals surface area (Å²) in [5.74, 6) is -1.40. The highest BCUT2D eigenvalue weighted by molar-refractivity contribution is 6.01. The Kier molecular flexibility index (Phi) is 3.10. The number of hydrogen-bond donors (Lipinski definition) is 1. The minimum atomic E-state index is -0.618. The van der Waals surface area contributed by atoms with Gasteiger partial charge in [-0.2, -0.15) is 5.10 Å². The third-order valence-corrected chi connectivity index (χ3v) is 2.64. The minimum Gasteiger partial charge on any atom is -0.383 e. The number of benzene rings is 1. The Hall–Kier alpha value is -2.24. The quantitative estimate of drug-likeness (QED) is 0.845. The van der Waals surface area contributed by atoms with E-state index in [-0.39, 0.29) is 23.4 Å². The third-order valence-electron chi connectivity index (χ3n) is 2.64. The zero-order valence-corrected chi connectivity index (χ0v) is 9.65. The van der Waals surface area contributed by atoms with Gasteiger partial charge in [-0.05, 0) is 23.8 Å². The number of carbonyl (C=O) groups is 1. The first kappa shape index (κ1) is 12.2. The van der Waals surface area contributed by atoms with E-state index in [1.165, 1.54) is 10.9 Å². The molecule has 6 heteroatoms. The number of nitrogens with two attached hydrogens (primary N) is 1. The van der Waals surface area contributed by atoms with Crippen molar-refractivity contribution >= 4 is 11.6 Å². The number of nitrogens with zero attached hydrogens (tertiary/aromatic N) is 2. The highest BCUT2D eigenvalue weighted by Crippen LogP contribution is 2.16. The molecule has 2 rings (SSSR count). The van der Waals surface area contributed by atoms with Gasteiger partial charge in [0.2, 0.25) is 0 Å². The van der Waals surface area contributed by atoms with E-state index in [4.69, 9.17) is 5.73 Å². The molecule has 0 aliphatic rings. The summed E-state index contributed by atoms with van der Waals surface area (Å²) in [6, 6.07) is 2.99. The van der Waals surface area contributed by atoms with E-state index in [1.807, 2.05) is 0 Å².